The van der Waals surface area contributed by atoms with Crippen molar-refractivity contribution in [3.05, 3.63) is 48.5 Å². The second-order valence-electron chi connectivity index (χ2n) is 3.52. The Morgan fingerprint density at radius 1 is 1.17 bits per heavy atom. The van der Waals surface area contributed by atoms with E-state index < -0.39 is 11.8 Å². The average Bonchev–Trinajstić information content (AvgIpc) is 2.35. The number of benzene rings is 1. The number of pyridine rings is 1. The Morgan fingerprint density at radius 2 is 1.89 bits per heavy atom. The maximum absolute atomic E-state index is 13.3. The number of urea groups is 1. The predicted molar refractivity (Wildman–Crippen MR) is 67.7 cm³/mol. The van der Waals surface area contributed by atoms with E-state index in [0.29, 0.717) is 11.4 Å². The summed E-state index contributed by atoms with van der Waals surface area (Å²) < 4.78 is 13.3. The van der Waals surface area contributed by atoms with Crippen LogP contribution in [0, 0.1) is 5.82 Å². The van der Waals surface area contributed by atoms with Crippen molar-refractivity contribution in [2.75, 3.05) is 16.4 Å². The highest BCUT2D eigenvalue weighted by Gasteiger charge is 2.07. The van der Waals surface area contributed by atoms with Crippen LogP contribution >= 0.6 is 0 Å². The number of hydrogen-bond acceptors (Lipinski definition) is 3. The molecule has 2 aromatic rings. The van der Waals surface area contributed by atoms with Gasteiger partial charge in [0.05, 0.1) is 23.3 Å². The number of carbonyl (C=O) groups excluding carboxylic acids is 1. The van der Waals surface area contributed by atoms with Gasteiger partial charge < -0.3 is 16.4 Å². The number of rotatable bonds is 2. The van der Waals surface area contributed by atoms with Crippen molar-refractivity contribution in [2.45, 2.75) is 0 Å². The van der Waals surface area contributed by atoms with E-state index in [9.17, 15) is 9.18 Å². The van der Waals surface area contributed by atoms with E-state index in [1.54, 1.807) is 18.2 Å². The van der Waals surface area contributed by atoms with Crippen molar-refractivity contribution >= 4 is 23.1 Å². The van der Waals surface area contributed by atoms with Crippen LogP contribution in [0.15, 0.2) is 42.7 Å². The minimum atomic E-state index is -0.571. The molecule has 0 radical (unpaired) electrons. The molecule has 1 aromatic heterocycles. The summed E-state index contributed by atoms with van der Waals surface area (Å²) in [6.45, 7) is 0. The molecule has 0 saturated heterocycles. The van der Waals surface area contributed by atoms with Gasteiger partial charge in [-0.2, -0.15) is 0 Å². The minimum Gasteiger partial charge on any atom is -0.396 e. The minimum absolute atomic E-state index is 0.0997. The van der Waals surface area contributed by atoms with E-state index in [0.717, 1.165) is 0 Å². The zero-order chi connectivity index (χ0) is 13.0. The molecule has 0 atom stereocenters. The average molecular weight is 246 g/mol. The first-order chi connectivity index (χ1) is 8.66. The Labute approximate surface area is 103 Å². The molecule has 0 aliphatic carbocycles. The number of para-hydroxylation sites is 1. The summed E-state index contributed by atoms with van der Waals surface area (Å²) in [5.74, 6) is -0.504. The van der Waals surface area contributed by atoms with Gasteiger partial charge in [0.2, 0.25) is 0 Å². The molecule has 0 saturated carbocycles. The fourth-order valence-corrected chi connectivity index (χ4v) is 1.36. The molecule has 0 aliphatic heterocycles. The molecule has 0 aliphatic rings. The van der Waals surface area contributed by atoms with Crippen molar-refractivity contribution in [2.24, 2.45) is 0 Å². The van der Waals surface area contributed by atoms with Crippen LogP contribution in [0.25, 0.3) is 0 Å². The van der Waals surface area contributed by atoms with Crippen molar-refractivity contribution in [1.29, 1.82) is 0 Å². The molecular weight excluding hydrogens is 235 g/mol. The van der Waals surface area contributed by atoms with Crippen LogP contribution in [0.5, 0.6) is 0 Å². The lowest BCUT2D eigenvalue weighted by Gasteiger charge is -2.09. The Kier molecular flexibility index (Phi) is 3.38. The fraction of sp³-hybridized carbons (Fsp3) is 0. The molecule has 0 bridgehead atoms. The van der Waals surface area contributed by atoms with Gasteiger partial charge in [-0.1, -0.05) is 12.1 Å². The van der Waals surface area contributed by atoms with Gasteiger partial charge in [-0.25, -0.2) is 9.18 Å². The predicted octanol–water partition coefficient (Wildman–Crippen LogP) is 2.45. The van der Waals surface area contributed by atoms with Gasteiger partial charge in [0.25, 0.3) is 0 Å². The highest BCUT2D eigenvalue weighted by molar-refractivity contribution is 6.01. The standard InChI is InChI=1S/C12H11FN4O/c13-8-3-1-2-4-10(8)16-12(18)17-11-5-6-15-7-9(11)14/h1-7H,14H2,(H2,15,16,17,18). The zero-order valence-electron chi connectivity index (χ0n) is 9.35. The maximum Gasteiger partial charge on any atom is 0.323 e. The van der Waals surface area contributed by atoms with Crippen LogP contribution < -0.4 is 16.4 Å². The van der Waals surface area contributed by atoms with Crippen LogP contribution in [0.4, 0.5) is 26.2 Å². The third-order valence-corrected chi connectivity index (χ3v) is 2.22. The summed E-state index contributed by atoms with van der Waals surface area (Å²) in [6.07, 6.45) is 2.91. The molecule has 4 N–H and O–H groups in total. The van der Waals surface area contributed by atoms with Crippen molar-refractivity contribution < 1.29 is 9.18 Å². The molecule has 6 heteroatoms. The van der Waals surface area contributed by atoms with Crippen LogP contribution in [-0.4, -0.2) is 11.0 Å². The van der Waals surface area contributed by atoms with Gasteiger partial charge in [-0.15, -0.1) is 0 Å². The lowest BCUT2D eigenvalue weighted by molar-refractivity contribution is 0.262. The van der Waals surface area contributed by atoms with Crippen molar-refractivity contribution in [3.8, 4) is 0 Å². The number of aromatic nitrogens is 1. The summed E-state index contributed by atoms with van der Waals surface area (Å²) in [5, 5.41) is 4.89. The number of halogens is 1. The summed E-state index contributed by atoms with van der Waals surface area (Å²) in [7, 11) is 0. The van der Waals surface area contributed by atoms with Gasteiger partial charge in [0, 0.05) is 6.20 Å². The number of hydrogen-bond donors (Lipinski definition) is 3. The second kappa shape index (κ2) is 5.13. The van der Waals surface area contributed by atoms with E-state index in [1.807, 2.05) is 0 Å². The molecule has 0 spiro atoms. The normalized spacial score (nSPS) is 9.83. The number of nitrogens with two attached hydrogens (primary N) is 1. The molecule has 1 aromatic carbocycles. The molecule has 0 unspecified atom stereocenters. The summed E-state index contributed by atoms with van der Waals surface area (Å²) in [6, 6.07) is 6.87. The van der Waals surface area contributed by atoms with Crippen LogP contribution in [0.1, 0.15) is 0 Å². The number of nitrogen functional groups attached to an aromatic ring is 1. The number of nitrogens with one attached hydrogen (secondary N) is 2. The Hall–Kier alpha value is -2.63. The Morgan fingerprint density at radius 3 is 2.61 bits per heavy atom. The first-order valence-electron chi connectivity index (χ1n) is 5.19. The third kappa shape index (κ3) is 2.73. The first kappa shape index (κ1) is 11.8. The van der Waals surface area contributed by atoms with E-state index in [4.69, 9.17) is 5.73 Å². The highest BCUT2D eigenvalue weighted by Crippen LogP contribution is 2.17. The number of nitrogens with zero attached hydrogens (tertiary/aromatic N) is 1. The lowest BCUT2D eigenvalue weighted by Crippen LogP contribution is -2.20. The first-order valence-corrected chi connectivity index (χ1v) is 5.19. The lowest BCUT2D eigenvalue weighted by atomic mass is 10.3. The molecule has 0 fully saturated rings. The van der Waals surface area contributed by atoms with Crippen LogP contribution in [0.3, 0.4) is 0 Å². The molecule has 18 heavy (non-hydrogen) atoms. The van der Waals surface area contributed by atoms with Gasteiger partial charge >= 0.3 is 6.03 Å². The molecule has 2 rings (SSSR count). The molecular formula is C12H11FN4O. The second-order valence-corrected chi connectivity index (χ2v) is 3.52. The van der Waals surface area contributed by atoms with Gasteiger partial charge in [-0.3, -0.25) is 4.98 Å². The van der Waals surface area contributed by atoms with Crippen LogP contribution in [-0.2, 0) is 0 Å². The summed E-state index contributed by atoms with van der Waals surface area (Å²) in [4.78, 5) is 15.4. The maximum atomic E-state index is 13.3. The van der Waals surface area contributed by atoms with E-state index in [-0.39, 0.29) is 5.69 Å². The van der Waals surface area contributed by atoms with E-state index in [1.165, 1.54) is 24.5 Å². The quantitative estimate of drug-likeness (QED) is 0.761. The number of anilines is 3. The van der Waals surface area contributed by atoms with Gasteiger partial charge in [0.15, 0.2) is 0 Å². The monoisotopic (exact) mass is 246 g/mol. The van der Waals surface area contributed by atoms with E-state index in [2.05, 4.69) is 15.6 Å². The largest absolute Gasteiger partial charge is 0.396 e. The van der Waals surface area contributed by atoms with E-state index >= 15 is 0 Å². The molecule has 2 amide bonds. The number of carbonyl (C=O) groups is 1. The SMILES string of the molecule is Nc1cnccc1NC(=O)Nc1ccccc1F. The third-order valence-electron chi connectivity index (χ3n) is 2.22. The Bertz CT molecular complexity index is 524. The summed E-state index contributed by atoms with van der Waals surface area (Å²) >= 11 is 0. The number of amides is 2. The highest BCUT2D eigenvalue weighted by atomic mass is 19.1. The van der Waals surface area contributed by atoms with Gasteiger partial charge in [0.1, 0.15) is 5.82 Å². The molecule has 5 nitrogen and oxygen atoms in total. The van der Waals surface area contributed by atoms with Gasteiger partial charge in [-0.05, 0) is 18.2 Å². The fourth-order valence-electron chi connectivity index (χ4n) is 1.36. The van der Waals surface area contributed by atoms with Crippen molar-refractivity contribution in [1.82, 2.24) is 4.98 Å². The van der Waals surface area contributed by atoms with Crippen molar-refractivity contribution in [3.63, 3.8) is 0 Å². The Balaban J connectivity index is 2.06. The topological polar surface area (TPSA) is 80.0 Å². The van der Waals surface area contributed by atoms with Crippen LogP contribution in [0.2, 0.25) is 0 Å². The zero-order valence-corrected chi connectivity index (χ0v) is 9.35. The smallest absolute Gasteiger partial charge is 0.323 e. The summed E-state index contributed by atoms with van der Waals surface area (Å²) in [5.41, 5.74) is 6.46. The molecule has 1 heterocycles. The molecule has 92 valence electrons.